The Balaban J connectivity index is 2.95. The van der Waals surface area contributed by atoms with E-state index >= 15 is 0 Å². The lowest BCUT2D eigenvalue weighted by Gasteiger charge is -2.07. The SMILES string of the molecule is COc1cc(O)c(F)c(CCON)c1. The first-order valence-corrected chi connectivity index (χ1v) is 4.06. The summed E-state index contributed by atoms with van der Waals surface area (Å²) in [6.07, 6.45) is 0.285. The molecule has 0 spiro atoms. The minimum atomic E-state index is -0.664. The first-order valence-electron chi connectivity index (χ1n) is 4.06. The molecule has 5 heteroatoms. The summed E-state index contributed by atoms with van der Waals surface area (Å²) in [5, 5.41) is 9.18. The van der Waals surface area contributed by atoms with Crippen molar-refractivity contribution in [3.05, 3.63) is 23.5 Å². The number of phenolic OH excluding ortho intramolecular Hbond substituents is 1. The van der Waals surface area contributed by atoms with Crippen molar-refractivity contribution in [3.8, 4) is 11.5 Å². The molecule has 14 heavy (non-hydrogen) atoms. The zero-order valence-electron chi connectivity index (χ0n) is 7.79. The first-order chi connectivity index (χ1) is 6.69. The van der Waals surface area contributed by atoms with Crippen molar-refractivity contribution < 1.29 is 19.1 Å². The Hall–Kier alpha value is -1.33. The van der Waals surface area contributed by atoms with Crippen molar-refractivity contribution in [1.29, 1.82) is 0 Å². The molecule has 0 saturated carbocycles. The van der Waals surface area contributed by atoms with E-state index in [-0.39, 0.29) is 13.0 Å². The highest BCUT2D eigenvalue weighted by Crippen LogP contribution is 2.26. The number of phenols is 1. The molecule has 0 aliphatic heterocycles. The lowest BCUT2D eigenvalue weighted by atomic mass is 10.1. The molecule has 0 fully saturated rings. The third-order valence-corrected chi connectivity index (χ3v) is 1.83. The number of hydrogen-bond donors (Lipinski definition) is 2. The molecule has 0 aliphatic carbocycles. The summed E-state index contributed by atoms with van der Waals surface area (Å²) in [4.78, 5) is 4.33. The van der Waals surface area contributed by atoms with Crippen molar-refractivity contribution in [2.24, 2.45) is 5.90 Å². The van der Waals surface area contributed by atoms with Gasteiger partial charge in [-0.15, -0.1) is 0 Å². The topological polar surface area (TPSA) is 64.7 Å². The fourth-order valence-corrected chi connectivity index (χ4v) is 1.11. The third kappa shape index (κ3) is 2.34. The van der Waals surface area contributed by atoms with E-state index in [1.165, 1.54) is 19.2 Å². The van der Waals surface area contributed by atoms with E-state index in [0.29, 0.717) is 11.3 Å². The minimum absolute atomic E-state index is 0.184. The van der Waals surface area contributed by atoms with Gasteiger partial charge in [0.25, 0.3) is 0 Å². The van der Waals surface area contributed by atoms with E-state index < -0.39 is 11.6 Å². The number of benzene rings is 1. The van der Waals surface area contributed by atoms with E-state index in [1.54, 1.807) is 0 Å². The largest absolute Gasteiger partial charge is 0.505 e. The molecule has 3 N–H and O–H groups in total. The molecule has 0 unspecified atom stereocenters. The Morgan fingerprint density at radius 3 is 2.79 bits per heavy atom. The standard InChI is InChI=1S/C9H12FNO3/c1-13-7-4-6(2-3-14-11)9(10)8(12)5-7/h4-5,12H,2-3,11H2,1H3. The lowest BCUT2D eigenvalue weighted by molar-refractivity contribution is 0.140. The monoisotopic (exact) mass is 201 g/mol. The number of rotatable bonds is 4. The van der Waals surface area contributed by atoms with E-state index in [9.17, 15) is 9.50 Å². The number of hydrogen-bond acceptors (Lipinski definition) is 4. The molecule has 78 valence electrons. The fourth-order valence-electron chi connectivity index (χ4n) is 1.11. The summed E-state index contributed by atoms with van der Waals surface area (Å²) in [6.45, 7) is 0.184. The van der Waals surface area contributed by atoms with Crippen LogP contribution in [-0.2, 0) is 11.3 Å². The summed E-state index contributed by atoms with van der Waals surface area (Å²) in [5.41, 5.74) is 0.312. The van der Waals surface area contributed by atoms with Crippen LogP contribution in [0.3, 0.4) is 0 Å². The molecule has 0 saturated heterocycles. The average Bonchev–Trinajstić information content (AvgIpc) is 2.20. The Morgan fingerprint density at radius 1 is 1.50 bits per heavy atom. The predicted molar refractivity (Wildman–Crippen MR) is 48.5 cm³/mol. The van der Waals surface area contributed by atoms with Gasteiger partial charge in [0.15, 0.2) is 11.6 Å². The smallest absolute Gasteiger partial charge is 0.168 e. The van der Waals surface area contributed by atoms with Gasteiger partial charge in [0.05, 0.1) is 13.7 Å². The summed E-state index contributed by atoms with van der Waals surface area (Å²) >= 11 is 0. The molecule has 0 amide bonds. The highest BCUT2D eigenvalue weighted by Gasteiger charge is 2.10. The van der Waals surface area contributed by atoms with Gasteiger partial charge in [-0.2, -0.15) is 0 Å². The zero-order chi connectivity index (χ0) is 10.6. The summed E-state index contributed by atoms with van der Waals surface area (Å²) in [7, 11) is 1.44. The van der Waals surface area contributed by atoms with Crippen LogP contribution in [0.2, 0.25) is 0 Å². The second-order valence-corrected chi connectivity index (χ2v) is 2.74. The van der Waals surface area contributed by atoms with Gasteiger partial charge < -0.3 is 14.7 Å². The maximum absolute atomic E-state index is 13.2. The minimum Gasteiger partial charge on any atom is -0.505 e. The fraction of sp³-hybridized carbons (Fsp3) is 0.333. The third-order valence-electron chi connectivity index (χ3n) is 1.83. The second kappa shape index (κ2) is 4.78. The normalized spacial score (nSPS) is 10.2. The van der Waals surface area contributed by atoms with Crippen molar-refractivity contribution in [2.75, 3.05) is 13.7 Å². The van der Waals surface area contributed by atoms with Gasteiger partial charge in [-0.05, 0) is 11.6 Å². The van der Waals surface area contributed by atoms with Gasteiger partial charge in [0.1, 0.15) is 5.75 Å². The van der Waals surface area contributed by atoms with Gasteiger partial charge in [-0.3, -0.25) is 0 Å². The lowest BCUT2D eigenvalue weighted by Crippen LogP contribution is -2.05. The molecule has 0 radical (unpaired) electrons. The van der Waals surface area contributed by atoms with Crippen LogP contribution in [0.15, 0.2) is 12.1 Å². The summed E-state index contributed by atoms with van der Waals surface area (Å²) in [6, 6.07) is 2.70. The predicted octanol–water partition coefficient (Wildman–Crippen LogP) is 0.973. The van der Waals surface area contributed by atoms with E-state index in [1.807, 2.05) is 0 Å². The van der Waals surface area contributed by atoms with Crippen molar-refractivity contribution >= 4 is 0 Å². The summed E-state index contributed by atoms with van der Waals surface area (Å²) in [5.74, 6) is 4.12. The van der Waals surface area contributed by atoms with Crippen LogP contribution in [-0.4, -0.2) is 18.8 Å². The Bertz CT molecular complexity index is 317. The number of halogens is 1. The maximum Gasteiger partial charge on any atom is 0.168 e. The average molecular weight is 201 g/mol. The molecular formula is C9H12FNO3. The van der Waals surface area contributed by atoms with Crippen LogP contribution >= 0.6 is 0 Å². The molecule has 0 aromatic heterocycles. The van der Waals surface area contributed by atoms with Crippen molar-refractivity contribution in [3.63, 3.8) is 0 Å². The van der Waals surface area contributed by atoms with Gasteiger partial charge in [-0.25, -0.2) is 10.3 Å². The van der Waals surface area contributed by atoms with Crippen LogP contribution < -0.4 is 10.6 Å². The van der Waals surface area contributed by atoms with Crippen molar-refractivity contribution in [2.45, 2.75) is 6.42 Å². The van der Waals surface area contributed by atoms with Gasteiger partial charge in [0, 0.05) is 12.5 Å². The van der Waals surface area contributed by atoms with Crippen LogP contribution in [0, 0.1) is 5.82 Å². The van der Waals surface area contributed by atoms with Gasteiger partial charge >= 0.3 is 0 Å². The van der Waals surface area contributed by atoms with Gasteiger partial charge in [0.2, 0.25) is 0 Å². The number of ether oxygens (including phenoxy) is 1. The quantitative estimate of drug-likeness (QED) is 0.712. The highest BCUT2D eigenvalue weighted by molar-refractivity contribution is 5.39. The molecule has 0 aliphatic rings. The Kier molecular flexibility index (Phi) is 3.67. The Labute approximate surface area is 81.0 Å². The van der Waals surface area contributed by atoms with Crippen molar-refractivity contribution in [1.82, 2.24) is 0 Å². The van der Waals surface area contributed by atoms with Gasteiger partial charge in [-0.1, -0.05) is 0 Å². The molecule has 1 aromatic carbocycles. The molecule has 0 atom stereocenters. The van der Waals surface area contributed by atoms with Crippen LogP contribution in [0.25, 0.3) is 0 Å². The first kappa shape index (κ1) is 10.7. The molecule has 4 nitrogen and oxygen atoms in total. The van der Waals surface area contributed by atoms with E-state index in [2.05, 4.69) is 4.84 Å². The Morgan fingerprint density at radius 2 is 2.21 bits per heavy atom. The summed E-state index contributed by atoms with van der Waals surface area (Å²) < 4.78 is 18.1. The second-order valence-electron chi connectivity index (χ2n) is 2.74. The van der Waals surface area contributed by atoms with Crippen LogP contribution in [0.1, 0.15) is 5.56 Å². The molecule has 1 aromatic rings. The van der Waals surface area contributed by atoms with E-state index in [4.69, 9.17) is 10.6 Å². The number of nitrogens with two attached hydrogens (primary N) is 1. The van der Waals surface area contributed by atoms with Crippen LogP contribution in [0.5, 0.6) is 11.5 Å². The molecule has 0 heterocycles. The molecular weight excluding hydrogens is 189 g/mol. The number of methoxy groups -OCH3 is 1. The maximum atomic E-state index is 13.2. The molecule has 0 bridgehead atoms. The number of aromatic hydroxyl groups is 1. The molecule has 1 rings (SSSR count). The van der Waals surface area contributed by atoms with E-state index in [0.717, 1.165) is 0 Å². The zero-order valence-corrected chi connectivity index (χ0v) is 7.79. The van der Waals surface area contributed by atoms with Crippen LogP contribution in [0.4, 0.5) is 4.39 Å². The highest BCUT2D eigenvalue weighted by atomic mass is 19.1.